The molecule has 1 heterocycles. The number of amides is 2. The Balaban J connectivity index is 2.39. The summed E-state index contributed by atoms with van der Waals surface area (Å²) in [4.78, 5) is 24.9. The molecule has 2 rings (SSSR count). The van der Waals surface area contributed by atoms with E-state index in [1.54, 1.807) is 6.07 Å². The summed E-state index contributed by atoms with van der Waals surface area (Å²) in [6, 6.07) is 5.67. The van der Waals surface area contributed by atoms with E-state index in [0.29, 0.717) is 11.4 Å². The van der Waals surface area contributed by atoms with E-state index in [-0.39, 0.29) is 11.8 Å². The number of nitrogens with one attached hydrogen (secondary N) is 2. The summed E-state index contributed by atoms with van der Waals surface area (Å²) in [5.74, 6) is -0.288. The van der Waals surface area contributed by atoms with Gasteiger partial charge < -0.3 is 15.5 Å². The number of carbonyl (C=O) groups excluding carboxylic acids is 2. The molecule has 102 valence electrons. The largest absolute Gasteiger partial charge is 0.370 e. The molecule has 0 saturated carbocycles. The van der Waals surface area contributed by atoms with Crippen molar-refractivity contribution in [3.8, 4) is 0 Å². The first kappa shape index (κ1) is 13.4. The lowest BCUT2D eigenvalue weighted by molar-refractivity contribution is -0.115. The van der Waals surface area contributed by atoms with E-state index in [9.17, 15) is 9.59 Å². The predicted octanol–water partition coefficient (Wildman–Crippen LogP) is 2.20. The van der Waals surface area contributed by atoms with E-state index < -0.39 is 0 Å². The highest BCUT2D eigenvalue weighted by atomic mass is 16.2. The molecule has 1 saturated heterocycles. The SMILES string of the molecule is CC(=O)Nc1cccc(N2CCCC2)c1NC(C)=O. The van der Waals surface area contributed by atoms with Gasteiger partial charge in [-0.1, -0.05) is 6.07 Å². The molecular weight excluding hydrogens is 242 g/mol. The summed E-state index contributed by atoms with van der Waals surface area (Å²) in [7, 11) is 0. The van der Waals surface area contributed by atoms with E-state index in [4.69, 9.17) is 0 Å². The first-order chi connectivity index (χ1) is 9.08. The molecule has 5 nitrogen and oxygen atoms in total. The van der Waals surface area contributed by atoms with E-state index in [1.165, 1.54) is 13.8 Å². The molecule has 2 N–H and O–H groups in total. The zero-order chi connectivity index (χ0) is 13.8. The number of benzene rings is 1. The van der Waals surface area contributed by atoms with Crippen LogP contribution >= 0.6 is 0 Å². The summed E-state index contributed by atoms with van der Waals surface area (Å²) in [6.07, 6.45) is 2.31. The van der Waals surface area contributed by atoms with Gasteiger partial charge in [-0.25, -0.2) is 0 Å². The molecule has 0 unspecified atom stereocenters. The molecule has 1 fully saturated rings. The van der Waals surface area contributed by atoms with Gasteiger partial charge in [-0.2, -0.15) is 0 Å². The molecule has 0 aromatic heterocycles. The van der Waals surface area contributed by atoms with Crippen molar-refractivity contribution in [3.63, 3.8) is 0 Å². The Hall–Kier alpha value is -2.04. The van der Waals surface area contributed by atoms with Gasteiger partial charge in [-0.3, -0.25) is 9.59 Å². The minimum Gasteiger partial charge on any atom is -0.370 e. The molecule has 1 aliphatic heterocycles. The van der Waals surface area contributed by atoms with Crippen LogP contribution in [0.4, 0.5) is 17.1 Å². The van der Waals surface area contributed by atoms with Gasteiger partial charge in [0.1, 0.15) is 0 Å². The molecule has 1 aliphatic rings. The molecule has 2 amide bonds. The van der Waals surface area contributed by atoms with Crippen LogP contribution in [0, 0.1) is 0 Å². The normalized spacial score (nSPS) is 14.3. The van der Waals surface area contributed by atoms with Gasteiger partial charge in [0, 0.05) is 26.9 Å². The van der Waals surface area contributed by atoms with Gasteiger partial charge >= 0.3 is 0 Å². The number of rotatable bonds is 3. The van der Waals surface area contributed by atoms with Gasteiger partial charge in [0.15, 0.2) is 0 Å². The molecular formula is C14H19N3O2. The van der Waals surface area contributed by atoms with Crippen LogP contribution in [0.3, 0.4) is 0 Å². The smallest absolute Gasteiger partial charge is 0.221 e. The maximum atomic E-state index is 11.4. The molecule has 0 radical (unpaired) electrons. The first-order valence-electron chi connectivity index (χ1n) is 6.51. The quantitative estimate of drug-likeness (QED) is 0.877. The van der Waals surface area contributed by atoms with Gasteiger partial charge in [0.05, 0.1) is 17.1 Å². The fourth-order valence-corrected chi connectivity index (χ4v) is 2.36. The highest BCUT2D eigenvalue weighted by Crippen LogP contribution is 2.35. The highest BCUT2D eigenvalue weighted by Gasteiger charge is 2.18. The number of carbonyl (C=O) groups is 2. The first-order valence-corrected chi connectivity index (χ1v) is 6.51. The van der Waals surface area contributed by atoms with Crippen LogP contribution in [0.25, 0.3) is 0 Å². The molecule has 0 aliphatic carbocycles. The van der Waals surface area contributed by atoms with E-state index in [0.717, 1.165) is 31.6 Å². The third kappa shape index (κ3) is 3.24. The summed E-state index contributed by atoms with van der Waals surface area (Å²) in [5, 5.41) is 5.59. The Morgan fingerprint density at radius 3 is 2.26 bits per heavy atom. The lowest BCUT2D eigenvalue weighted by atomic mass is 10.2. The number of hydrogen-bond acceptors (Lipinski definition) is 3. The number of hydrogen-bond donors (Lipinski definition) is 2. The van der Waals surface area contributed by atoms with Crippen molar-refractivity contribution in [1.82, 2.24) is 0 Å². The lowest BCUT2D eigenvalue weighted by Crippen LogP contribution is -2.21. The Kier molecular flexibility index (Phi) is 4.04. The van der Waals surface area contributed by atoms with Gasteiger partial charge in [-0.05, 0) is 25.0 Å². The molecule has 5 heteroatoms. The molecule has 0 spiro atoms. The maximum absolute atomic E-state index is 11.4. The highest BCUT2D eigenvalue weighted by molar-refractivity contribution is 6.02. The molecule has 0 bridgehead atoms. The van der Waals surface area contributed by atoms with Gasteiger partial charge in [-0.15, -0.1) is 0 Å². The number of para-hydroxylation sites is 1. The third-order valence-electron chi connectivity index (χ3n) is 3.10. The molecule has 0 atom stereocenters. The molecule has 1 aromatic rings. The van der Waals surface area contributed by atoms with Crippen LogP contribution in [0.15, 0.2) is 18.2 Å². The fraction of sp³-hybridized carbons (Fsp3) is 0.429. The van der Waals surface area contributed by atoms with Crippen LogP contribution < -0.4 is 15.5 Å². The van der Waals surface area contributed by atoms with Crippen LogP contribution in [-0.2, 0) is 9.59 Å². The second kappa shape index (κ2) is 5.73. The van der Waals surface area contributed by atoms with Crippen LogP contribution in [0.1, 0.15) is 26.7 Å². The van der Waals surface area contributed by atoms with E-state index in [2.05, 4.69) is 15.5 Å². The van der Waals surface area contributed by atoms with Crippen molar-refractivity contribution in [2.45, 2.75) is 26.7 Å². The maximum Gasteiger partial charge on any atom is 0.221 e. The minimum atomic E-state index is -0.148. The minimum absolute atomic E-state index is 0.141. The Bertz CT molecular complexity index is 493. The van der Waals surface area contributed by atoms with Crippen molar-refractivity contribution in [1.29, 1.82) is 0 Å². The second-order valence-corrected chi connectivity index (χ2v) is 4.76. The predicted molar refractivity (Wildman–Crippen MR) is 76.5 cm³/mol. The third-order valence-corrected chi connectivity index (χ3v) is 3.10. The summed E-state index contributed by atoms with van der Waals surface area (Å²) >= 11 is 0. The van der Waals surface area contributed by atoms with Crippen LogP contribution in [0.5, 0.6) is 0 Å². The van der Waals surface area contributed by atoms with Crippen molar-refractivity contribution in [3.05, 3.63) is 18.2 Å². The average Bonchev–Trinajstić information content (AvgIpc) is 2.83. The average molecular weight is 261 g/mol. The fourth-order valence-electron chi connectivity index (χ4n) is 2.36. The Morgan fingerprint density at radius 2 is 1.68 bits per heavy atom. The van der Waals surface area contributed by atoms with E-state index in [1.807, 2.05) is 12.1 Å². The zero-order valence-corrected chi connectivity index (χ0v) is 11.3. The van der Waals surface area contributed by atoms with Crippen LogP contribution in [-0.4, -0.2) is 24.9 Å². The van der Waals surface area contributed by atoms with Crippen molar-refractivity contribution < 1.29 is 9.59 Å². The number of nitrogens with zero attached hydrogens (tertiary/aromatic N) is 1. The topological polar surface area (TPSA) is 61.4 Å². The molecule has 19 heavy (non-hydrogen) atoms. The summed E-state index contributed by atoms with van der Waals surface area (Å²) in [5.41, 5.74) is 2.30. The second-order valence-electron chi connectivity index (χ2n) is 4.76. The Labute approximate surface area is 113 Å². The summed E-state index contributed by atoms with van der Waals surface area (Å²) in [6.45, 7) is 4.89. The van der Waals surface area contributed by atoms with Crippen molar-refractivity contribution in [2.75, 3.05) is 28.6 Å². The van der Waals surface area contributed by atoms with Gasteiger partial charge in [0.25, 0.3) is 0 Å². The van der Waals surface area contributed by atoms with Gasteiger partial charge in [0.2, 0.25) is 11.8 Å². The van der Waals surface area contributed by atoms with E-state index >= 15 is 0 Å². The van der Waals surface area contributed by atoms with Crippen LogP contribution in [0.2, 0.25) is 0 Å². The zero-order valence-electron chi connectivity index (χ0n) is 11.3. The monoisotopic (exact) mass is 261 g/mol. The lowest BCUT2D eigenvalue weighted by Gasteiger charge is -2.23. The van der Waals surface area contributed by atoms with Crippen molar-refractivity contribution >= 4 is 28.9 Å². The number of anilines is 3. The van der Waals surface area contributed by atoms with Crippen molar-refractivity contribution in [2.24, 2.45) is 0 Å². The molecule has 1 aromatic carbocycles. The summed E-state index contributed by atoms with van der Waals surface area (Å²) < 4.78 is 0. The Morgan fingerprint density at radius 1 is 1.05 bits per heavy atom. The standard InChI is InChI=1S/C14H19N3O2/c1-10(18)15-12-6-5-7-13(14(12)16-11(2)19)17-8-3-4-9-17/h5-7H,3-4,8-9H2,1-2H3,(H,15,18)(H,16,19).